The first-order chi connectivity index (χ1) is 12.8. The summed E-state index contributed by atoms with van der Waals surface area (Å²) in [7, 11) is 0. The van der Waals surface area contributed by atoms with Gasteiger partial charge in [-0.1, -0.05) is 36.4 Å². The molecule has 0 atom stereocenters. The molecule has 8 heteroatoms. The third kappa shape index (κ3) is 6.76. The highest BCUT2D eigenvalue weighted by Gasteiger charge is 2.21. The van der Waals surface area contributed by atoms with Gasteiger partial charge in [-0.2, -0.15) is 0 Å². The molecule has 0 saturated carbocycles. The van der Waals surface area contributed by atoms with E-state index in [1.807, 2.05) is 12.1 Å². The molecule has 0 aliphatic carbocycles. The maximum atomic E-state index is 12.1. The van der Waals surface area contributed by atoms with Gasteiger partial charge in [0, 0.05) is 11.1 Å². The van der Waals surface area contributed by atoms with Gasteiger partial charge in [-0.05, 0) is 62.5 Å². The van der Waals surface area contributed by atoms with Crippen LogP contribution in [0.5, 0.6) is 0 Å². The molecule has 0 bridgehead atoms. The third-order valence-electron chi connectivity index (χ3n) is 3.38. The summed E-state index contributed by atoms with van der Waals surface area (Å²) in [6, 6.07) is 17.5. The average Bonchev–Trinajstić information content (AvgIpc) is 2.61. The van der Waals surface area contributed by atoms with E-state index in [0.717, 1.165) is 0 Å². The Morgan fingerprint density at radius 1 is 0.704 bits per heavy atom. The van der Waals surface area contributed by atoms with E-state index in [1.165, 1.54) is 0 Å². The molecule has 0 fully saturated rings. The summed E-state index contributed by atoms with van der Waals surface area (Å²) < 4.78 is 0. The molecule has 2 rings (SSSR count). The molecular weight excluding hydrogens is 380 g/mol. The lowest BCUT2D eigenvalue weighted by Crippen LogP contribution is -2.61. The van der Waals surface area contributed by atoms with E-state index < -0.39 is 5.66 Å². The summed E-state index contributed by atoms with van der Waals surface area (Å²) in [5.41, 5.74) is 0.193. The van der Waals surface area contributed by atoms with Gasteiger partial charge in [0.15, 0.2) is 10.2 Å². The third-order valence-corrected chi connectivity index (χ3v) is 3.79. The van der Waals surface area contributed by atoms with Crippen LogP contribution in [0.1, 0.15) is 34.6 Å². The number of thiocarbonyl (C=S) groups is 2. The van der Waals surface area contributed by atoms with Crippen LogP contribution in [0.3, 0.4) is 0 Å². The lowest BCUT2D eigenvalue weighted by atomic mass is 10.2. The van der Waals surface area contributed by atoms with Gasteiger partial charge < -0.3 is 10.6 Å². The summed E-state index contributed by atoms with van der Waals surface area (Å²) in [6.45, 7) is 3.55. The van der Waals surface area contributed by atoms with Crippen molar-refractivity contribution in [2.45, 2.75) is 19.5 Å². The number of carbonyl (C=O) groups excluding carboxylic acids is 2. The second-order valence-corrected chi connectivity index (χ2v) is 6.99. The number of hydrogen-bond donors (Lipinski definition) is 4. The fraction of sp³-hybridized carbons (Fsp3) is 0.158. The molecule has 0 aliphatic heterocycles. The largest absolute Gasteiger partial charge is 0.340 e. The van der Waals surface area contributed by atoms with Crippen LogP contribution < -0.4 is 21.3 Å². The van der Waals surface area contributed by atoms with Gasteiger partial charge in [0.25, 0.3) is 11.8 Å². The normalized spacial score (nSPS) is 10.4. The molecule has 140 valence electrons. The highest BCUT2D eigenvalue weighted by atomic mass is 32.1. The van der Waals surface area contributed by atoms with E-state index in [2.05, 4.69) is 21.3 Å². The lowest BCUT2D eigenvalue weighted by Gasteiger charge is -2.30. The molecule has 2 aromatic carbocycles. The van der Waals surface area contributed by atoms with Crippen LogP contribution in [-0.2, 0) is 0 Å². The Labute approximate surface area is 168 Å². The molecule has 4 N–H and O–H groups in total. The lowest BCUT2D eigenvalue weighted by molar-refractivity contribution is 0.0969. The minimum atomic E-state index is -0.803. The van der Waals surface area contributed by atoms with Crippen LogP contribution in [0.4, 0.5) is 0 Å². The molecule has 2 amide bonds. The van der Waals surface area contributed by atoms with Gasteiger partial charge >= 0.3 is 0 Å². The van der Waals surface area contributed by atoms with Crippen LogP contribution in [0.15, 0.2) is 60.7 Å². The quantitative estimate of drug-likeness (QED) is 0.466. The minimum Gasteiger partial charge on any atom is -0.340 e. The number of benzene rings is 2. The Balaban J connectivity index is 1.86. The van der Waals surface area contributed by atoms with Gasteiger partial charge in [-0.15, -0.1) is 0 Å². The van der Waals surface area contributed by atoms with Crippen molar-refractivity contribution in [3.05, 3.63) is 71.8 Å². The first-order valence-electron chi connectivity index (χ1n) is 8.14. The number of amides is 2. The molecule has 0 aliphatic rings. The fourth-order valence-electron chi connectivity index (χ4n) is 2.19. The molecule has 27 heavy (non-hydrogen) atoms. The van der Waals surface area contributed by atoms with E-state index >= 15 is 0 Å². The summed E-state index contributed by atoms with van der Waals surface area (Å²) in [4.78, 5) is 24.2. The van der Waals surface area contributed by atoms with E-state index in [0.29, 0.717) is 11.1 Å². The van der Waals surface area contributed by atoms with Crippen LogP contribution in [0.2, 0.25) is 0 Å². The van der Waals surface area contributed by atoms with Crippen molar-refractivity contribution in [2.24, 2.45) is 0 Å². The highest BCUT2D eigenvalue weighted by molar-refractivity contribution is 7.80. The Morgan fingerprint density at radius 3 is 1.37 bits per heavy atom. The topological polar surface area (TPSA) is 82.3 Å². The second kappa shape index (κ2) is 9.20. The van der Waals surface area contributed by atoms with Gasteiger partial charge in [0.2, 0.25) is 0 Å². The van der Waals surface area contributed by atoms with Crippen molar-refractivity contribution < 1.29 is 9.59 Å². The van der Waals surface area contributed by atoms with Crippen molar-refractivity contribution in [3.63, 3.8) is 0 Å². The van der Waals surface area contributed by atoms with Crippen LogP contribution in [0.25, 0.3) is 0 Å². The summed E-state index contributed by atoms with van der Waals surface area (Å²) in [6.07, 6.45) is 0. The summed E-state index contributed by atoms with van der Waals surface area (Å²) >= 11 is 10.4. The van der Waals surface area contributed by atoms with E-state index in [4.69, 9.17) is 24.4 Å². The second-order valence-electron chi connectivity index (χ2n) is 6.17. The van der Waals surface area contributed by atoms with Crippen molar-refractivity contribution >= 4 is 46.5 Å². The van der Waals surface area contributed by atoms with Crippen LogP contribution in [0, 0.1) is 0 Å². The smallest absolute Gasteiger partial charge is 0.257 e. The average molecular weight is 401 g/mol. The molecule has 0 aromatic heterocycles. The Bertz CT molecular complexity index is 770. The first kappa shape index (κ1) is 20.5. The number of rotatable bonds is 4. The molecule has 0 radical (unpaired) electrons. The highest BCUT2D eigenvalue weighted by Crippen LogP contribution is 2.01. The standard InChI is InChI=1S/C19H20N4O2S2/c1-19(2,22-17(26)20-15(24)13-9-5-3-6-10-13)23-18(27)21-16(25)14-11-7-4-8-12-14/h3-12H,1-2H3,(H2,20,22,24,26)(H2,21,23,25,27). The molecular formula is C19H20N4O2S2. The number of nitrogens with one attached hydrogen (secondary N) is 4. The van der Waals surface area contributed by atoms with Crippen LogP contribution in [-0.4, -0.2) is 27.7 Å². The predicted octanol–water partition coefficient (Wildman–Crippen LogP) is 2.33. The van der Waals surface area contributed by atoms with Gasteiger partial charge in [-0.3, -0.25) is 20.2 Å². The zero-order chi connectivity index (χ0) is 19.9. The fourth-order valence-corrected chi connectivity index (χ4v) is 2.89. The van der Waals surface area contributed by atoms with Gasteiger partial charge in [0.05, 0.1) is 0 Å². The van der Waals surface area contributed by atoms with Crippen LogP contribution >= 0.6 is 24.4 Å². The van der Waals surface area contributed by atoms with Crippen molar-refractivity contribution in [3.8, 4) is 0 Å². The van der Waals surface area contributed by atoms with Gasteiger partial charge in [0.1, 0.15) is 5.66 Å². The van der Waals surface area contributed by atoms with Crippen molar-refractivity contribution in [1.29, 1.82) is 0 Å². The minimum absolute atomic E-state index is 0.138. The van der Waals surface area contributed by atoms with E-state index in [1.54, 1.807) is 62.4 Å². The SMILES string of the molecule is CC(C)(NC(=S)NC(=O)c1ccccc1)NC(=S)NC(=O)c1ccccc1. The maximum absolute atomic E-state index is 12.1. The van der Waals surface area contributed by atoms with E-state index in [-0.39, 0.29) is 22.0 Å². The van der Waals surface area contributed by atoms with Gasteiger partial charge in [-0.25, -0.2) is 0 Å². The Morgan fingerprint density at radius 2 is 1.04 bits per heavy atom. The maximum Gasteiger partial charge on any atom is 0.257 e. The molecule has 0 saturated heterocycles. The zero-order valence-electron chi connectivity index (χ0n) is 14.9. The van der Waals surface area contributed by atoms with Crippen molar-refractivity contribution in [2.75, 3.05) is 0 Å². The Hall–Kier alpha value is -2.84. The van der Waals surface area contributed by atoms with Crippen molar-refractivity contribution in [1.82, 2.24) is 21.3 Å². The van der Waals surface area contributed by atoms with E-state index in [9.17, 15) is 9.59 Å². The molecule has 6 nitrogen and oxygen atoms in total. The first-order valence-corrected chi connectivity index (χ1v) is 8.95. The molecule has 2 aromatic rings. The summed E-state index contributed by atoms with van der Waals surface area (Å²) in [5.74, 6) is -0.632. The Kier molecular flexibility index (Phi) is 6.98. The molecule has 0 spiro atoms. The number of hydrogen-bond acceptors (Lipinski definition) is 4. The monoisotopic (exact) mass is 400 g/mol. The zero-order valence-corrected chi connectivity index (χ0v) is 16.5. The predicted molar refractivity (Wildman–Crippen MR) is 113 cm³/mol. The molecule has 0 unspecified atom stereocenters. The summed E-state index contributed by atoms with van der Waals surface area (Å²) in [5, 5.41) is 11.4. The molecule has 0 heterocycles. The number of carbonyl (C=O) groups is 2.